The minimum Gasteiger partial charge on any atom is -0.480 e. The zero-order chi connectivity index (χ0) is 16.4. The van der Waals surface area contributed by atoms with Crippen molar-refractivity contribution in [2.75, 3.05) is 0 Å². The number of nitrogens with one attached hydrogen (secondary N) is 1. The van der Waals surface area contributed by atoms with E-state index >= 15 is 0 Å². The number of rotatable bonds is 5. The van der Waals surface area contributed by atoms with Crippen LogP contribution in [0.15, 0.2) is 53.7 Å². The van der Waals surface area contributed by atoms with E-state index < -0.39 is 16.1 Å². The number of hydrogen-bond donors (Lipinski definition) is 2. The molecule has 0 fully saturated rings. The van der Waals surface area contributed by atoms with Gasteiger partial charge in [-0.25, -0.2) is 4.98 Å². The predicted molar refractivity (Wildman–Crippen MR) is 85.4 cm³/mol. The maximum absolute atomic E-state index is 11.5. The Bertz CT molecular complexity index is 879. The number of aliphatic carboxylic acids is 1. The topological polar surface area (TPSA) is 109 Å². The van der Waals surface area contributed by atoms with Crippen molar-refractivity contribution in [3.63, 3.8) is 0 Å². The summed E-state index contributed by atoms with van der Waals surface area (Å²) >= 11 is 1.05. The fourth-order valence-electron chi connectivity index (χ4n) is 2.14. The molecule has 0 amide bonds. The Labute approximate surface area is 134 Å². The molecule has 1 atom stereocenters. The van der Waals surface area contributed by atoms with Gasteiger partial charge < -0.3 is 10.1 Å². The van der Waals surface area contributed by atoms with Crippen molar-refractivity contribution in [2.24, 2.45) is 0 Å². The number of non-ortho nitro benzene ring substituents is 1. The first-order valence-corrected chi connectivity index (χ1v) is 7.51. The third-order valence-electron chi connectivity index (χ3n) is 3.21. The van der Waals surface area contributed by atoms with Gasteiger partial charge in [-0.3, -0.25) is 14.9 Å². The highest BCUT2D eigenvalue weighted by atomic mass is 32.2. The highest BCUT2D eigenvalue weighted by Gasteiger charge is 2.23. The number of hydrogen-bond acceptors (Lipinski definition) is 5. The molecule has 1 aromatic heterocycles. The van der Waals surface area contributed by atoms with Crippen LogP contribution < -0.4 is 0 Å². The van der Waals surface area contributed by atoms with Gasteiger partial charge in [-0.05, 0) is 11.6 Å². The number of benzene rings is 2. The number of aromatic nitrogens is 2. The minimum absolute atomic E-state index is 0.0458. The molecular formula is C15H11N3O4S. The maximum atomic E-state index is 11.5. The SMILES string of the molecule is O=C(O)[C@@H](Sc1nc2ccc([N+](=O)[O-])cc2[nH]1)c1ccccc1. The minimum atomic E-state index is -0.979. The molecule has 8 heteroatoms. The molecule has 0 aliphatic rings. The average molecular weight is 329 g/mol. The van der Waals surface area contributed by atoms with E-state index in [0.717, 1.165) is 11.8 Å². The zero-order valence-electron chi connectivity index (χ0n) is 11.7. The van der Waals surface area contributed by atoms with Crippen molar-refractivity contribution in [1.82, 2.24) is 9.97 Å². The van der Waals surface area contributed by atoms with Gasteiger partial charge in [0, 0.05) is 12.1 Å². The molecule has 0 saturated carbocycles. The maximum Gasteiger partial charge on any atom is 0.321 e. The van der Waals surface area contributed by atoms with Crippen LogP contribution in [-0.4, -0.2) is 26.0 Å². The summed E-state index contributed by atoms with van der Waals surface area (Å²) in [4.78, 5) is 29.0. The Hall–Kier alpha value is -2.87. The van der Waals surface area contributed by atoms with E-state index in [4.69, 9.17) is 0 Å². The van der Waals surface area contributed by atoms with E-state index in [2.05, 4.69) is 9.97 Å². The van der Waals surface area contributed by atoms with E-state index in [0.29, 0.717) is 21.8 Å². The summed E-state index contributed by atoms with van der Waals surface area (Å²) in [6.07, 6.45) is 0. The van der Waals surface area contributed by atoms with E-state index in [1.54, 1.807) is 24.3 Å². The monoisotopic (exact) mass is 329 g/mol. The van der Waals surface area contributed by atoms with Crippen molar-refractivity contribution >= 4 is 34.5 Å². The molecule has 0 spiro atoms. The molecule has 0 aliphatic carbocycles. The summed E-state index contributed by atoms with van der Waals surface area (Å²) in [5.74, 6) is -0.979. The number of imidazole rings is 1. The summed E-state index contributed by atoms with van der Waals surface area (Å²) in [5, 5.41) is 19.8. The van der Waals surface area contributed by atoms with Crippen molar-refractivity contribution < 1.29 is 14.8 Å². The van der Waals surface area contributed by atoms with Crippen molar-refractivity contribution in [2.45, 2.75) is 10.4 Å². The smallest absolute Gasteiger partial charge is 0.321 e. The second-order valence-electron chi connectivity index (χ2n) is 4.75. The molecule has 3 rings (SSSR count). The van der Waals surface area contributed by atoms with Gasteiger partial charge in [0.15, 0.2) is 5.16 Å². The Balaban J connectivity index is 1.93. The Morgan fingerprint density at radius 2 is 2.00 bits per heavy atom. The summed E-state index contributed by atoms with van der Waals surface area (Å²) in [6.45, 7) is 0. The van der Waals surface area contributed by atoms with E-state index in [1.165, 1.54) is 18.2 Å². The van der Waals surface area contributed by atoms with E-state index in [-0.39, 0.29) is 5.69 Å². The van der Waals surface area contributed by atoms with Gasteiger partial charge in [0.2, 0.25) is 0 Å². The number of nitro benzene ring substituents is 1. The van der Waals surface area contributed by atoms with Crippen LogP contribution in [0.2, 0.25) is 0 Å². The summed E-state index contributed by atoms with van der Waals surface area (Å²) in [7, 11) is 0. The lowest BCUT2D eigenvalue weighted by atomic mass is 10.1. The van der Waals surface area contributed by atoms with Crippen LogP contribution in [0.4, 0.5) is 5.69 Å². The van der Waals surface area contributed by atoms with E-state index in [1.807, 2.05) is 6.07 Å². The second-order valence-corrected chi connectivity index (χ2v) is 5.84. The van der Waals surface area contributed by atoms with Gasteiger partial charge in [-0.15, -0.1) is 0 Å². The fourth-order valence-corrected chi connectivity index (χ4v) is 3.08. The first-order valence-electron chi connectivity index (χ1n) is 6.63. The van der Waals surface area contributed by atoms with Gasteiger partial charge in [-0.2, -0.15) is 0 Å². The number of aromatic amines is 1. The first-order chi connectivity index (χ1) is 11.0. The van der Waals surface area contributed by atoms with Gasteiger partial charge >= 0.3 is 5.97 Å². The normalized spacial score (nSPS) is 12.2. The number of H-pyrrole nitrogens is 1. The van der Waals surface area contributed by atoms with Gasteiger partial charge in [0.05, 0.1) is 16.0 Å². The number of thioether (sulfide) groups is 1. The third-order valence-corrected chi connectivity index (χ3v) is 4.34. The number of carboxylic acids is 1. The summed E-state index contributed by atoms with van der Waals surface area (Å²) in [6, 6.07) is 13.1. The molecule has 23 heavy (non-hydrogen) atoms. The fraction of sp³-hybridized carbons (Fsp3) is 0.0667. The van der Waals surface area contributed by atoms with Crippen LogP contribution in [-0.2, 0) is 4.79 Å². The number of carbonyl (C=O) groups is 1. The van der Waals surface area contributed by atoms with Crippen LogP contribution in [0.1, 0.15) is 10.8 Å². The quantitative estimate of drug-likeness (QED) is 0.422. The molecular weight excluding hydrogens is 318 g/mol. The molecule has 116 valence electrons. The van der Waals surface area contributed by atoms with Gasteiger partial charge in [-0.1, -0.05) is 42.1 Å². The highest BCUT2D eigenvalue weighted by molar-refractivity contribution is 8.00. The second kappa shape index (κ2) is 6.09. The zero-order valence-corrected chi connectivity index (χ0v) is 12.5. The van der Waals surface area contributed by atoms with Crippen LogP contribution in [0.25, 0.3) is 11.0 Å². The molecule has 0 aliphatic heterocycles. The first kappa shape index (κ1) is 15.0. The number of carboxylic acid groups (broad SMARTS) is 1. The van der Waals surface area contributed by atoms with Gasteiger partial charge in [0.25, 0.3) is 5.69 Å². The average Bonchev–Trinajstić information content (AvgIpc) is 2.94. The lowest BCUT2D eigenvalue weighted by Crippen LogP contribution is -2.08. The molecule has 3 aromatic rings. The van der Waals surface area contributed by atoms with Crippen LogP contribution in [0.5, 0.6) is 0 Å². The summed E-state index contributed by atoms with van der Waals surface area (Å²) in [5.41, 5.74) is 1.65. The third kappa shape index (κ3) is 3.16. The van der Waals surface area contributed by atoms with Crippen LogP contribution in [0.3, 0.4) is 0 Å². The Morgan fingerprint density at radius 1 is 1.26 bits per heavy atom. The standard InChI is InChI=1S/C15H11N3O4S/c19-14(20)13(9-4-2-1-3-5-9)23-15-16-11-7-6-10(18(21)22)8-12(11)17-15/h1-8,13H,(H,16,17)(H,19,20)/t13-/m0/s1. The molecule has 2 aromatic carbocycles. The molecule has 0 radical (unpaired) electrons. The molecule has 0 saturated heterocycles. The van der Waals surface area contributed by atoms with Crippen molar-refractivity contribution in [3.8, 4) is 0 Å². The highest BCUT2D eigenvalue weighted by Crippen LogP contribution is 2.35. The predicted octanol–water partition coefficient (Wildman–Crippen LogP) is 3.39. The Kier molecular flexibility index (Phi) is 3.98. The lowest BCUT2D eigenvalue weighted by molar-refractivity contribution is -0.384. The molecule has 0 unspecified atom stereocenters. The van der Waals surface area contributed by atoms with Gasteiger partial charge in [0.1, 0.15) is 5.25 Å². The Morgan fingerprint density at radius 3 is 2.65 bits per heavy atom. The molecule has 0 bridgehead atoms. The number of nitrogens with zero attached hydrogens (tertiary/aromatic N) is 2. The van der Waals surface area contributed by atoms with Crippen molar-refractivity contribution in [3.05, 3.63) is 64.2 Å². The lowest BCUT2D eigenvalue weighted by Gasteiger charge is -2.10. The van der Waals surface area contributed by atoms with Crippen LogP contribution in [0, 0.1) is 10.1 Å². The number of fused-ring (bicyclic) bond motifs is 1. The van der Waals surface area contributed by atoms with Crippen LogP contribution >= 0.6 is 11.8 Å². The molecule has 1 heterocycles. The molecule has 2 N–H and O–H groups in total. The van der Waals surface area contributed by atoms with E-state index in [9.17, 15) is 20.0 Å². The summed E-state index contributed by atoms with van der Waals surface area (Å²) < 4.78 is 0. The molecule has 7 nitrogen and oxygen atoms in total. The largest absolute Gasteiger partial charge is 0.480 e. The van der Waals surface area contributed by atoms with Crippen molar-refractivity contribution in [1.29, 1.82) is 0 Å². The number of nitro groups is 1.